The van der Waals surface area contributed by atoms with Gasteiger partial charge in [0.15, 0.2) is 0 Å². The highest BCUT2D eigenvalue weighted by Gasteiger charge is 2.08. The number of imidazole rings is 1. The third kappa shape index (κ3) is 8.58. The van der Waals surface area contributed by atoms with Crippen molar-refractivity contribution in [2.75, 3.05) is 18.9 Å². The lowest BCUT2D eigenvalue weighted by Gasteiger charge is -2.08. The van der Waals surface area contributed by atoms with E-state index in [-0.39, 0.29) is 5.75 Å². The van der Waals surface area contributed by atoms with Gasteiger partial charge < -0.3 is 9.30 Å². The Morgan fingerprint density at radius 2 is 1.81 bits per heavy atom. The van der Waals surface area contributed by atoms with Gasteiger partial charge in [-0.1, -0.05) is 26.2 Å². The minimum Gasteiger partial charge on any atom is -0.494 e. The molecule has 1 aromatic carbocycles. The number of nitrogens with zero attached hydrogens (tertiary/aromatic N) is 2. The highest BCUT2D eigenvalue weighted by molar-refractivity contribution is 7.89. The van der Waals surface area contributed by atoms with E-state index >= 15 is 0 Å². The molecule has 7 heteroatoms. The summed E-state index contributed by atoms with van der Waals surface area (Å²) in [4.78, 5) is 4.03. The monoisotopic (exact) mass is 393 g/mol. The van der Waals surface area contributed by atoms with Crippen LogP contribution in [0.25, 0.3) is 5.69 Å². The minimum atomic E-state index is -3.11. The molecule has 1 heterocycles. The van der Waals surface area contributed by atoms with Crippen molar-refractivity contribution < 1.29 is 13.2 Å². The summed E-state index contributed by atoms with van der Waals surface area (Å²) in [5, 5.41) is 0. The molecular formula is C20H31N3O3S. The Bertz CT molecular complexity index is 728. The van der Waals surface area contributed by atoms with Crippen LogP contribution in [0.5, 0.6) is 5.75 Å². The van der Waals surface area contributed by atoms with E-state index in [2.05, 4.69) is 16.6 Å². The highest BCUT2D eigenvalue weighted by Crippen LogP contribution is 2.15. The molecule has 0 saturated carbocycles. The molecule has 1 N–H and O–H groups in total. The van der Waals surface area contributed by atoms with Crippen LogP contribution in [0.3, 0.4) is 0 Å². The summed E-state index contributed by atoms with van der Waals surface area (Å²) in [6, 6.07) is 7.88. The molecule has 0 atom stereocenters. The first kappa shape index (κ1) is 21.4. The Hall–Kier alpha value is -1.86. The Morgan fingerprint density at radius 3 is 2.52 bits per heavy atom. The number of hydrogen-bond acceptors (Lipinski definition) is 4. The molecule has 0 amide bonds. The zero-order valence-corrected chi connectivity index (χ0v) is 17.0. The molecule has 1 aromatic heterocycles. The summed E-state index contributed by atoms with van der Waals surface area (Å²) >= 11 is 0. The number of sulfonamides is 1. The van der Waals surface area contributed by atoms with Gasteiger partial charge in [0.1, 0.15) is 5.75 Å². The van der Waals surface area contributed by atoms with Gasteiger partial charge in [0.2, 0.25) is 10.0 Å². The van der Waals surface area contributed by atoms with Gasteiger partial charge in [-0.25, -0.2) is 18.1 Å². The van der Waals surface area contributed by atoms with Crippen molar-refractivity contribution in [1.82, 2.24) is 14.3 Å². The molecule has 2 aromatic rings. The summed E-state index contributed by atoms with van der Waals surface area (Å²) in [6.07, 6.45) is 12.0. The van der Waals surface area contributed by atoms with Crippen LogP contribution >= 0.6 is 0 Å². The Kier molecular flexibility index (Phi) is 9.35. The number of aromatic nitrogens is 2. The van der Waals surface area contributed by atoms with Crippen LogP contribution in [0, 0.1) is 0 Å². The quantitative estimate of drug-likeness (QED) is 0.494. The Balaban J connectivity index is 1.53. The maximum Gasteiger partial charge on any atom is 0.211 e. The van der Waals surface area contributed by atoms with Crippen molar-refractivity contribution in [3.05, 3.63) is 43.0 Å². The van der Waals surface area contributed by atoms with Crippen LogP contribution in [0.15, 0.2) is 43.0 Å². The molecule has 0 radical (unpaired) electrons. The van der Waals surface area contributed by atoms with Gasteiger partial charge in [-0.15, -0.1) is 0 Å². The fourth-order valence-corrected chi connectivity index (χ4v) is 3.92. The van der Waals surface area contributed by atoms with Crippen LogP contribution in [0.2, 0.25) is 0 Å². The summed E-state index contributed by atoms with van der Waals surface area (Å²) in [7, 11) is -3.11. The molecule has 0 fully saturated rings. The second-order valence-corrected chi connectivity index (χ2v) is 8.57. The van der Waals surface area contributed by atoms with Crippen LogP contribution in [0.1, 0.15) is 51.9 Å². The van der Waals surface area contributed by atoms with Crippen molar-refractivity contribution in [2.24, 2.45) is 0 Å². The van der Waals surface area contributed by atoms with Crippen molar-refractivity contribution in [2.45, 2.75) is 51.9 Å². The molecule has 0 unspecified atom stereocenters. The Morgan fingerprint density at radius 1 is 1.04 bits per heavy atom. The molecule has 27 heavy (non-hydrogen) atoms. The van der Waals surface area contributed by atoms with E-state index in [4.69, 9.17) is 4.74 Å². The molecule has 0 bridgehead atoms. The summed E-state index contributed by atoms with van der Waals surface area (Å²) in [5.74, 6) is 1.08. The van der Waals surface area contributed by atoms with Crippen LogP contribution in [-0.2, 0) is 10.0 Å². The highest BCUT2D eigenvalue weighted by atomic mass is 32.2. The Labute approximate surface area is 163 Å². The molecule has 0 spiro atoms. The molecule has 0 aliphatic heterocycles. The topological polar surface area (TPSA) is 73.2 Å². The molecule has 0 aliphatic rings. The average molecular weight is 394 g/mol. The lowest BCUT2D eigenvalue weighted by molar-refractivity contribution is 0.305. The van der Waals surface area contributed by atoms with Gasteiger partial charge in [-0.05, 0) is 49.9 Å². The molecule has 0 aliphatic carbocycles. The van der Waals surface area contributed by atoms with E-state index in [0.29, 0.717) is 13.2 Å². The van der Waals surface area contributed by atoms with Gasteiger partial charge in [0, 0.05) is 24.6 Å². The lowest BCUT2D eigenvalue weighted by atomic mass is 10.2. The van der Waals surface area contributed by atoms with E-state index in [1.165, 1.54) is 0 Å². The number of nitrogens with one attached hydrogen (secondary N) is 1. The summed E-state index contributed by atoms with van der Waals surface area (Å²) < 4.78 is 34.0. The predicted molar refractivity (Wildman–Crippen MR) is 109 cm³/mol. The standard InChI is InChI=1S/C20H31N3O3S/c1-2-3-4-8-17-27(24,25)22-13-6-5-7-16-26-20-11-9-19(10-12-20)23-15-14-21-18-23/h9-12,14-15,18,22H,2-8,13,16-17H2,1H3. The summed E-state index contributed by atoms with van der Waals surface area (Å²) in [5.41, 5.74) is 1.04. The second-order valence-electron chi connectivity index (χ2n) is 6.65. The van der Waals surface area contributed by atoms with Crippen LogP contribution in [-0.4, -0.2) is 36.9 Å². The van der Waals surface area contributed by atoms with Gasteiger partial charge in [0.25, 0.3) is 0 Å². The SMILES string of the molecule is CCCCCCS(=O)(=O)NCCCCCOc1ccc(-n2ccnc2)cc1. The van der Waals surface area contributed by atoms with E-state index in [1.807, 2.05) is 35.0 Å². The molecule has 150 valence electrons. The number of hydrogen-bond donors (Lipinski definition) is 1. The second kappa shape index (κ2) is 11.8. The fourth-order valence-electron chi connectivity index (χ4n) is 2.74. The van der Waals surface area contributed by atoms with Crippen molar-refractivity contribution in [3.63, 3.8) is 0 Å². The fraction of sp³-hybridized carbons (Fsp3) is 0.550. The molecule has 6 nitrogen and oxygen atoms in total. The molecule has 0 saturated heterocycles. The van der Waals surface area contributed by atoms with E-state index < -0.39 is 10.0 Å². The minimum absolute atomic E-state index is 0.241. The van der Waals surface area contributed by atoms with E-state index in [1.54, 1.807) is 12.5 Å². The van der Waals surface area contributed by atoms with Crippen molar-refractivity contribution in [3.8, 4) is 11.4 Å². The third-order valence-electron chi connectivity index (χ3n) is 4.32. The summed E-state index contributed by atoms with van der Waals surface area (Å²) in [6.45, 7) is 3.26. The van der Waals surface area contributed by atoms with E-state index in [9.17, 15) is 8.42 Å². The third-order valence-corrected chi connectivity index (χ3v) is 5.79. The van der Waals surface area contributed by atoms with Gasteiger partial charge in [-0.3, -0.25) is 0 Å². The first-order chi connectivity index (χ1) is 13.1. The largest absolute Gasteiger partial charge is 0.494 e. The zero-order chi connectivity index (χ0) is 19.4. The number of unbranched alkanes of at least 4 members (excludes halogenated alkanes) is 5. The number of ether oxygens (including phenoxy) is 1. The lowest BCUT2D eigenvalue weighted by Crippen LogP contribution is -2.27. The first-order valence-electron chi connectivity index (χ1n) is 9.79. The zero-order valence-electron chi connectivity index (χ0n) is 16.1. The van der Waals surface area contributed by atoms with Crippen LogP contribution < -0.4 is 9.46 Å². The molecule has 2 rings (SSSR count). The number of benzene rings is 1. The first-order valence-corrected chi connectivity index (χ1v) is 11.4. The normalized spacial score (nSPS) is 11.6. The maximum atomic E-state index is 11.8. The van der Waals surface area contributed by atoms with Gasteiger partial charge >= 0.3 is 0 Å². The number of rotatable bonds is 14. The van der Waals surface area contributed by atoms with Gasteiger partial charge in [-0.2, -0.15) is 0 Å². The average Bonchev–Trinajstić information content (AvgIpc) is 3.20. The predicted octanol–water partition coefficient (Wildman–Crippen LogP) is 3.92. The van der Waals surface area contributed by atoms with Crippen molar-refractivity contribution >= 4 is 10.0 Å². The van der Waals surface area contributed by atoms with E-state index in [0.717, 1.165) is 56.4 Å². The van der Waals surface area contributed by atoms with Gasteiger partial charge in [0.05, 0.1) is 18.7 Å². The van der Waals surface area contributed by atoms with Crippen molar-refractivity contribution in [1.29, 1.82) is 0 Å². The smallest absolute Gasteiger partial charge is 0.211 e. The van der Waals surface area contributed by atoms with Crippen LogP contribution in [0.4, 0.5) is 0 Å². The molecular weight excluding hydrogens is 362 g/mol. The maximum absolute atomic E-state index is 11.8.